The Hall–Kier alpha value is -2.64. The second kappa shape index (κ2) is 11.7. The van der Waals surface area contributed by atoms with Crippen LogP contribution in [0.15, 0.2) is 42.5 Å². The highest BCUT2D eigenvalue weighted by Gasteiger charge is 2.44. The van der Waals surface area contributed by atoms with Crippen molar-refractivity contribution in [2.75, 3.05) is 6.54 Å². The fourth-order valence-electron chi connectivity index (χ4n) is 4.27. The van der Waals surface area contributed by atoms with Gasteiger partial charge in [-0.3, -0.25) is 4.79 Å². The monoisotopic (exact) mass is 472 g/mol. The summed E-state index contributed by atoms with van der Waals surface area (Å²) >= 11 is 0. The number of Topliss-reactive ketones (excluding diaryl/α,β-unsaturated/α-hetero) is 1. The first-order valence-electron chi connectivity index (χ1n) is 12.0. The Morgan fingerprint density at radius 2 is 1.76 bits per heavy atom. The van der Waals surface area contributed by atoms with Gasteiger partial charge < -0.3 is 20.5 Å². The fourth-order valence-corrected chi connectivity index (χ4v) is 4.27. The third-order valence-electron chi connectivity index (χ3n) is 6.41. The summed E-state index contributed by atoms with van der Waals surface area (Å²) in [6.45, 7) is 3.79. The number of rotatable bonds is 13. The van der Waals surface area contributed by atoms with Crippen LogP contribution in [0.1, 0.15) is 62.6 Å². The summed E-state index contributed by atoms with van der Waals surface area (Å²) in [5.41, 5.74) is 2.57. The van der Waals surface area contributed by atoms with Crippen LogP contribution in [0.5, 0.6) is 0 Å². The van der Waals surface area contributed by atoms with Gasteiger partial charge in [-0.2, -0.15) is 0 Å². The van der Waals surface area contributed by atoms with Crippen LogP contribution in [-0.4, -0.2) is 35.5 Å². The van der Waals surface area contributed by atoms with Crippen LogP contribution in [0.3, 0.4) is 0 Å². The number of ketones is 1. The molecule has 0 bridgehead atoms. The summed E-state index contributed by atoms with van der Waals surface area (Å²) in [4.78, 5) is 23.6. The van der Waals surface area contributed by atoms with E-state index in [0.29, 0.717) is 18.4 Å². The van der Waals surface area contributed by atoms with Crippen LogP contribution in [0.2, 0.25) is 0 Å². The number of aryl methyl sites for hydroxylation is 1. The molecule has 0 aliphatic heterocycles. The fraction of sp³-hybridized carbons (Fsp3) is 0.481. The van der Waals surface area contributed by atoms with Crippen molar-refractivity contribution in [3.8, 4) is 0 Å². The highest BCUT2D eigenvalue weighted by Crippen LogP contribution is 2.45. The Kier molecular flexibility index (Phi) is 8.91. The van der Waals surface area contributed by atoms with Crippen molar-refractivity contribution < 1.29 is 23.5 Å². The molecule has 1 aliphatic rings. The van der Waals surface area contributed by atoms with E-state index in [2.05, 4.69) is 35.8 Å². The van der Waals surface area contributed by atoms with Crippen molar-refractivity contribution >= 4 is 11.7 Å². The molecule has 2 atom stereocenters. The number of benzene rings is 2. The summed E-state index contributed by atoms with van der Waals surface area (Å²) in [7, 11) is 0. The molecular formula is C27H34F2N2O3. The van der Waals surface area contributed by atoms with Gasteiger partial charge in [0.05, 0.1) is 12.1 Å². The highest BCUT2D eigenvalue weighted by atomic mass is 19.1. The molecule has 184 valence electrons. The molecule has 0 saturated heterocycles. The lowest BCUT2D eigenvalue weighted by Gasteiger charge is -2.27. The molecule has 3 rings (SSSR count). The van der Waals surface area contributed by atoms with E-state index in [1.54, 1.807) is 0 Å². The van der Waals surface area contributed by atoms with Crippen molar-refractivity contribution in [3.05, 3.63) is 70.8 Å². The van der Waals surface area contributed by atoms with Gasteiger partial charge in [0.2, 0.25) is 5.91 Å². The van der Waals surface area contributed by atoms with Crippen molar-refractivity contribution in [1.29, 1.82) is 0 Å². The van der Waals surface area contributed by atoms with E-state index in [0.717, 1.165) is 25.3 Å². The van der Waals surface area contributed by atoms with E-state index >= 15 is 0 Å². The van der Waals surface area contributed by atoms with Gasteiger partial charge in [-0.25, -0.2) is 8.78 Å². The van der Waals surface area contributed by atoms with Gasteiger partial charge in [-0.05, 0) is 67.9 Å². The average molecular weight is 473 g/mol. The molecule has 0 radical (unpaired) electrons. The number of carbonyl (C=O) groups excluding carboxylic acids is 2. The molecule has 3 N–H and O–H groups in total. The van der Waals surface area contributed by atoms with E-state index in [4.69, 9.17) is 0 Å². The van der Waals surface area contributed by atoms with Gasteiger partial charge in [-0.1, -0.05) is 31.2 Å². The Balaban J connectivity index is 1.68. The maximum atomic E-state index is 13.7. The lowest BCUT2D eigenvalue weighted by molar-refractivity contribution is -0.123. The largest absolute Gasteiger partial charge is 0.390 e. The first-order chi connectivity index (χ1) is 16.2. The molecule has 1 saturated carbocycles. The highest BCUT2D eigenvalue weighted by molar-refractivity contribution is 5.78. The minimum absolute atomic E-state index is 0.00527. The van der Waals surface area contributed by atoms with Crippen LogP contribution in [0, 0.1) is 11.6 Å². The number of aliphatic hydroxyl groups excluding tert-OH is 1. The summed E-state index contributed by atoms with van der Waals surface area (Å²) in [6, 6.07) is 10.8. The van der Waals surface area contributed by atoms with E-state index in [9.17, 15) is 23.5 Å². The number of aliphatic hydroxyl groups is 1. The maximum absolute atomic E-state index is 13.7. The van der Waals surface area contributed by atoms with Crippen LogP contribution >= 0.6 is 0 Å². The summed E-state index contributed by atoms with van der Waals surface area (Å²) in [5.74, 6) is -1.71. The van der Waals surface area contributed by atoms with Crippen LogP contribution in [-0.2, 0) is 28.0 Å². The smallest absolute Gasteiger partial charge is 0.220 e. The third-order valence-corrected chi connectivity index (χ3v) is 6.41. The molecule has 2 aromatic rings. The van der Waals surface area contributed by atoms with Crippen LogP contribution in [0.25, 0.3) is 0 Å². The lowest BCUT2D eigenvalue weighted by atomic mass is 9.98. The number of hydrogen-bond acceptors (Lipinski definition) is 4. The topological polar surface area (TPSA) is 78.4 Å². The molecule has 0 heterocycles. The minimum Gasteiger partial charge on any atom is -0.390 e. The number of hydrogen-bond donors (Lipinski definition) is 3. The van der Waals surface area contributed by atoms with E-state index in [-0.39, 0.29) is 36.6 Å². The van der Waals surface area contributed by atoms with Crippen molar-refractivity contribution in [2.24, 2.45) is 0 Å². The van der Waals surface area contributed by atoms with Gasteiger partial charge in [-0.15, -0.1) is 0 Å². The second-order valence-electron chi connectivity index (χ2n) is 9.30. The minimum atomic E-state index is -0.977. The molecule has 7 heteroatoms. The molecule has 5 nitrogen and oxygen atoms in total. The Morgan fingerprint density at radius 3 is 2.38 bits per heavy atom. The lowest BCUT2D eigenvalue weighted by Crippen LogP contribution is -2.50. The van der Waals surface area contributed by atoms with E-state index < -0.39 is 23.8 Å². The number of carbonyl (C=O) groups is 2. The number of amides is 1. The van der Waals surface area contributed by atoms with E-state index in [1.165, 1.54) is 30.2 Å². The molecular weight excluding hydrogens is 438 g/mol. The SMILES string of the molecule is CCc1cccc(C2(NC[C@@H](O)[C@H](Cc3cc(F)cc(F)c3)NC(=O)CCCC(C)=O)CC2)c1. The predicted octanol–water partition coefficient (Wildman–Crippen LogP) is 3.95. The Bertz CT molecular complexity index is 987. The second-order valence-corrected chi connectivity index (χ2v) is 9.30. The molecule has 34 heavy (non-hydrogen) atoms. The number of nitrogens with one attached hydrogen (secondary N) is 2. The van der Waals surface area contributed by atoms with Gasteiger partial charge in [0, 0.05) is 31.0 Å². The summed E-state index contributed by atoms with van der Waals surface area (Å²) in [6.07, 6.45) is 2.79. The normalized spacial score (nSPS) is 16.0. The standard InChI is InChI=1S/C27H34F2N2O3/c1-3-19-7-5-8-21(12-19)27(10-11-27)30-17-25(33)24(31-26(34)9-4-6-18(2)32)15-20-13-22(28)16-23(29)14-20/h5,7-8,12-14,16,24-25,30,33H,3-4,6,9-11,15,17H2,1-2H3,(H,31,34)/t24-,25+/m0/s1. The molecule has 1 aliphatic carbocycles. The quantitative estimate of drug-likeness (QED) is 0.413. The van der Waals surface area contributed by atoms with Gasteiger partial charge in [0.15, 0.2) is 0 Å². The Morgan fingerprint density at radius 1 is 1.06 bits per heavy atom. The first kappa shape index (κ1) is 26.0. The zero-order valence-corrected chi connectivity index (χ0v) is 19.9. The van der Waals surface area contributed by atoms with Gasteiger partial charge in [0.25, 0.3) is 0 Å². The Labute approximate surface area is 200 Å². The maximum Gasteiger partial charge on any atom is 0.220 e. The third kappa shape index (κ3) is 7.43. The van der Waals surface area contributed by atoms with Crippen molar-refractivity contribution in [2.45, 2.75) is 76.5 Å². The van der Waals surface area contributed by atoms with E-state index in [1.807, 2.05) is 6.07 Å². The van der Waals surface area contributed by atoms with Crippen LogP contribution < -0.4 is 10.6 Å². The molecule has 1 amide bonds. The molecule has 1 fully saturated rings. The van der Waals surface area contributed by atoms with Crippen LogP contribution in [0.4, 0.5) is 8.78 Å². The van der Waals surface area contributed by atoms with Gasteiger partial charge in [0.1, 0.15) is 17.4 Å². The van der Waals surface area contributed by atoms with Crippen molar-refractivity contribution in [1.82, 2.24) is 10.6 Å². The molecule has 0 aromatic heterocycles. The van der Waals surface area contributed by atoms with Gasteiger partial charge >= 0.3 is 0 Å². The molecule has 0 spiro atoms. The molecule has 2 aromatic carbocycles. The predicted molar refractivity (Wildman–Crippen MR) is 127 cm³/mol. The summed E-state index contributed by atoms with van der Waals surface area (Å²) < 4.78 is 27.4. The summed E-state index contributed by atoms with van der Waals surface area (Å²) in [5, 5.41) is 17.3. The zero-order chi connectivity index (χ0) is 24.7. The van der Waals surface area contributed by atoms with Crippen molar-refractivity contribution in [3.63, 3.8) is 0 Å². The number of halogens is 2. The average Bonchev–Trinajstić information content (AvgIpc) is 3.57. The zero-order valence-electron chi connectivity index (χ0n) is 19.9. The first-order valence-corrected chi connectivity index (χ1v) is 12.0. The molecule has 0 unspecified atom stereocenters.